The molecule has 0 aliphatic rings. The summed E-state index contributed by atoms with van der Waals surface area (Å²) in [4.78, 5) is 4.61. The predicted octanol–water partition coefficient (Wildman–Crippen LogP) is 6.99. The number of ether oxygens (including phenoxy) is 1. The maximum absolute atomic E-state index is 9.71. The summed E-state index contributed by atoms with van der Waals surface area (Å²) >= 11 is 13.8. The van der Waals surface area contributed by atoms with E-state index < -0.39 is 0 Å². The van der Waals surface area contributed by atoms with Crippen molar-refractivity contribution < 1.29 is 4.74 Å². The van der Waals surface area contributed by atoms with Gasteiger partial charge in [-0.2, -0.15) is 9.64 Å². The number of nitrogens with one attached hydrogen (secondary N) is 1. The van der Waals surface area contributed by atoms with E-state index in [1.165, 1.54) is 0 Å². The van der Waals surface area contributed by atoms with Crippen LogP contribution in [0.5, 0.6) is 10.8 Å². The third-order valence-electron chi connectivity index (χ3n) is 4.39. The van der Waals surface area contributed by atoms with Crippen molar-refractivity contribution in [1.29, 1.82) is 5.26 Å². The van der Waals surface area contributed by atoms with Gasteiger partial charge in [-0.15, -0.1) is 0 Å². The molecular weight excluding hydrogens is 439 g/mol. The molecule has 1 heterocycles. The van der Waals surface area contributed by atoms with Crippen molar-refractivity contribution in [3.63, 3.8) is 0 Å². The number of halogens is 2. The molecule has 1 aromatic heterocycles. The summed E-state index contributed by atoms with van der Waals surface area (Å²) in [7, 11) is 1.83. The number of hydrogen-bond acceptors (Lipinski definition) is 5. The standard InChI is InChI=1S/C22H20Cl2N4OS/c1-12(2)21(26-4)27-18-9-13(3)19(10-17(18)24)29-22-15(11-25)20(28-30-22)14-7-5-6-8-16(14)23/h5-10,12H,1-4H3,(H,26,27). The zero-order valence-corrected chi connectivity index (χ0v) is 19.3. The number of rotatable bonds is 5. The second-order valence-electron chi connectivity index (χ2n) is 6.86. The van der Waals surface area contributed by atoms with Gasteiger partial charge in [0, 0.05) is 36.1 Å². The summed E-state index contributed by atoms with van der Waals surface area (Å²) in [5.74, 6) is 1.62. The molecule has 0 saturated carbocycles. The lowest BCUT2D eigenvalue weighted by atomic mass is 10.1. The topological polar surface area (TPSA) is 70.3 Å². The minimum Gasteiger partial charge on any atom is -0.443 e. The first-order valence-corrected chi connectivity index (χ1v) is 10.8. The van der Waals surface area contributed by atoms with Crippen LogP contribution in [-0.4, -0.2) is 17.3 Å². The van der Waals surface area contributed by atoms with E-state index in [1.54, 1.807) is 12.1 Å². The lowest BCUT2D eigenvalue weighted by Crippen LogP contribution is -2.23. The van der Waals surface area contributed by atoms with Crippen molar-refractivity contribution in [2.24, 2.45) is 10.9 Å². The fourth-order valence-corrected chi connectivity index (χ4v) is 3.97. The van der Waals surface area contributed by atoms with E-state index >= 15 is 0 Å². The number of benzene rings is 2. The van der Waals surface area contributed by atoms with Crippen LogP contribution >= 0.6 is 34.7 Å². The smallest absolute Gasteiger partial charge is 0.218 e. The van der Waals surface area contributed by atoms with Gasteiger partial charge >= 0.3 is 0 Å². The van der Waals surface area contributed by atoms with Gasteiger partial charge in [-0.25, -0.2) is 4.99 Å². The first-order chi connectivity index (χ1) is 14.3. The molecule has 1 N–H and O–H groups in total. The summed E-state index contributed by atoms with van der Waals surface area (Å²) in [5.41, 5.74) is 3.02. The van der Waals surface area contributed by atoms with Gasteiger partial charge in [0.1, 0.15) is 28.9 Å². The van der Waals surface area contributed by atoms with Crippen molar-refractivity contribution in [1.82, 2.24) is 9.69 Å². The summed E-state index contributed by atoms with van der Waals surface area (Å²) in [6.45, 7) is 6.01. The van der Waals surface area contributed by atoms with Crippen molar-refractivity contribution >= 4 is 46.3 Å². The molecule has 3 aromatic rings. The van der Waals surface area contributed by atoms with E-state index in [9.17, 15) is 5.26 Å². The molecule has 0 atom stereocenters. The highest BCUT2D eigenvalue weighted by molar-refractivity contribution is 7.08. The van der Waals surface area contributed by atoms with E-state index in [1.807, 2.05) is 38.2 Å². The Morgan fingerprint density at radius 1 is 1.23 bits per heavy atom. The number of aryl methyl sites for hydroxylation is 1. The van der Waals surface area contributed by atoms with Gasteiger partial charge in [0.15, 0.2) is 0 Å². The number of amidine groups is 1. The van der Waals surface area contributed by atoms with Crippen LogP contribution in [0.1, 0.15) is 25.0 Å². The highest BCUT2D eigenvalue weighted by Crippen LogP contribution is 2.41. The molecule has 30 heavy (non-hydrogen) atoms. The van der Waals surface area contributed by atoms with Crippen molar-refractivity contribution in [2.45, 2.75) is 20.8 Å². The van der Waals surface area contributed by atoms with Gasteiger partial charge in [-0.3, -0.25) is 0 Å². The van der Waals surface area contributed by atoms with Gasteiger partial charge in [-0.05, 0) is 24.6 Å². The molecule has 154 valence electrons. The Morgan fingerprint density at radius 2 is 1.97 bits per heavy atom. The highest BCUT2D eigenvalue weighted by Gasteiger charge is 2.20. The molecule has 0 bridgehead atoms. The SMILES string of the molecule is CNC(=Nc1cc(C)c(Oc2snc(-c3ccccc3Cl)c2C#N)cc1Cl)C(C)C. The highest BCUT2D eigenvalue weighted by atomic mass is 35.5. The summed E-state index contributed by atoms with van der Waals surface area (Å²) in [6.07, 6.45) is 0. The van der Waals surface area contributed by atoms with Crippen molar-refractivity contribution in [3.05, 3.63) is 57.6 Å². The molecule has 3 rings (SSSR count). The Balaban J connectivity index is 1.97. The van der Waals surface area contributed by atoms with E-state index in [-0.39, 0.29) is 5.92 Å². The van der Waals surface area contributed by atoms with Crippen LogP contribution in [0.2, 0.25) is 10.0 Å². The Labute approximate surface area is 190 Å². The normalized spacial score (nSPS) is 11.5. The maximum atomic E-state index is 9.71. The Morgan fingerprint density at radius 3 is 2.60 bits per heavy atom. The first-order valence-electron chi connectivity index (χ1n) is 9.24. The number of hydrogen-bond donors (Lipinski definition) is 1. The average molecular weight is 459 g/mol. The van der Waals surface area contributed by atoms with Crippen LogP contribution in [0.25, 0.3) is 11.3 Å². The average Bonchev–Trinajstić information content (AvgIpc) is 3.11. The van der Waals surface area contributed by atoms with Gasteiger partial charge in [0.05, 0.1) is 15.7 Å². The third kappa shape index (κ3) is 4.59. The monoisotopic (exact) mass is 458 g/mol. The minimum absolute atomic E-state index is 0.237. The lowest BCUT2D eigenvalue weighted by molar-refractivity contribution is 0.491. The molecule has 0 aliphatic heterocycles. The molecule has 0 spiro atoms. The van der Waals surface area contributed by atoms with E-state index in [0.29, 0.717) is 43.4 Å². The molecule has 0 saturated heterocycles. The quantitative estimate of drug-likeness (QED) is 0.330. The summed E-state index contributed by atoms with van der Waals surface area (Å²) < 4.78 is 10.4. The van der Waals surface area contributed by atoms with E-state index in [4.69, 9.17) is 27.9 Å². The second kappa shape index (κ2) is 9.48. The van der Waals surface area contributed by atoms with Gasteiger partial charge in [0.25, 0.3) is 0 Å². The number of nitriles is 1. The van der Waals surface area contributed by atoms with Crippen LogP contribution < -0.4 is 10.1 Å². The van der Waals surface area contributed by atoms with Crippen molar-refractivity contribution in [3.8, 4) is 28.1 Å². The van der Waals surface area contributed by atoms with Crippen molar-refractivity contribution in [2.75, 3.05) is 7.05 Å². The van der Waals surface area contributed by atoms with Crippen LogP contribution in [0.15, 0.2) is 41.4 Å². The Hall–Kier alpha value is -2.59. The first kappa shape index (κ1) is 22.1. The van der Waals surface area contributed by atoms with E-state index in [2.05, 4.69) is 34.6 Å². The van der Waals surface area contributed by atoms with Crippen LogP contribution in [-0.2, 0) is 0 Å². The maximum Gasteiger partial charge on any atom is 0.218 e. The molecular formula is C22H20Cl2N4OS. The number of aromatic nitrogens is 1. The second-order valence-corrected chi connectivity index (χ2v) is 8.41. The predicted molar refractivity (Wildman–Crippen MR) is 125 cm³/mol. The molecule has 2 aromatic carbocycles. The molecule has 5 nitrogen and oxygen atoms in total. The van der Waals surface area contributed by atoms with Gasteiger partial charge < -0.3 is 10.1 Å². The van der Waals surface area contributed by atoms with Gasteiger partial charge in [-0.1, -0.05) is 55.2 Å². The van der Waals surface area contributed by atoms with Gasteiger partial charge in [0.2, 0.25) is 5.06 Å². The molecule has 0 aliphatic carbocycles. The zero-order chi connectivity index (χ0) is 21.8. The van der Waals surface area contributed by atoms with Crippen LogP contribution in [0, 0.1) is 24.2 Å². The summed E-state index contributed by atoms with van der Waals surface area (Å²) in [6, 6.07) is 13.0. The van der Waals surface area contributed by atoms with E-state index in [0.717, 1.165) is 22.9 Å². The zero-order valence-electron chi connectivity index (χ0n) is 17.0. The molecule has 0 amide bonds. The van der Waals surface area contributed by atoms with Crippen LogP contribution in [0.4, 0.5) is 5.69 Å². The molecule has 0 fully saturated rings. The lowest BCUT2D eigenvalue weighted by Gasteiger charge is -2.12. The third-order valence-corrected chi connectivity index (χ3v) is 5.75. The molecule has 0 unspecified atom stereocenters. The fraction of sp³-hybridized carbons (Fsp3) is 0.227. The number of nitrogens with zero attached hydrogens (tertiary/aromatic N) is 3. The fourth-order valence-electron chi connectivity index (χ4n) is 2.83. The Kier molecular flexibility index (Phi) is 6.99. The largest absolute Gasteiger partial charge is 0.443 e. The van der Waals surface area contributed by atoms with Crippen LogP contribution in [0.3, 0.4) is 0 Å². The number of aliphatic imine (C=N–C) groups is 1. The Bertz CT molecular complexity index is 1150. The molecule has 8 heteroatoms. The molecule has 0 radical (unpaired) electrons. The summed E-state index contributed by atoms with van der Waals surface area (Å²) in [5, 5.41) is 14.2. The minimum atomic E-state index is 0.237.